The molecular weight excluding hydrogens is 271 g/mol. The molecular formula is C14H12F3NO2. The van der Waals surface area contributed by atoms with Crippen LogP contribution in [0.5, 0.6) is 0 Å². The molecule has 0 fully saturated rings. The number of benzene rings is 1. The van der Waals surface area contributed by atoms with Gasteiger partial charge in [-0.2, -0.15) is 13.2 Å². The molecule has 0 aliphatic heterocycles. The number of pyridine rings is 1. The van der Waals surface area contributed by atoms with E-state index in [-0.39, 0.29) is 6.61 Å². The lowest BCUT2D eigenvalue weighted by molar-refractivity contribution is -0.137. The van der Waals surface area contributed by atoms with Gasteiger partial charge in [0.2, 0.25) is 0 Å². The Kier molecular flexibility index (Phi) is 3.92. The second-order valence-corrected chi connectivity index (χ2v) is 4.36. The second-order valence-electron chi connectivity index (χ2n) is 4.36. The lowest BCUT2D eigenvalue weighted by Crippen LogP contribution is -2.05. The van der Waals surface area contributed by atoms with E-state index in [1.807, 2.05) is 6.92 Å². The molecule has 20 heavy (non-hydrogen) atoms. The van der Waals surface area contributed by atoms with E-state index in [1.54, 1.807) is 0 Å². The van der Waals surface area contributed by atoms with Crippen molar-refractivity contribution in [2.45, 2.75) is 19.5 Å². The molecule has 0 saturated carbocycles. The highest BCUT2D eigenvalue weighted by molar-refractivity contribution is 5.83. The van der Waals surface area contributed by atoms with Gasteiger partial charge in [-0.05, 0) is 30.2 Å². The van der Waals surface area contributed by atoms with Gasteiger partial charge in [0.1, 0.15) is 0 Å². The molecule has 0 bridgehead atoms. The number of aryl methyl sites for hydroxylation is 1. The molecule has 0 atom stereocenters. The minimum absolute atomic E-state index is 0.220. The number of nitrogens with zero attached hydrogens (tertiary/aromatic N) is 1. The molecule has 106 valence electrons. The first-order valence-electron chi connectivity index (χ1n) is 5.94. The van der Waals surface area contributed by atoms with Gasteiger partial charge in [0.15, 0.2) is 0 Å². The summed E-state index contributed by atoms with van der Waals surface area (Å²) >= 11 is 0. The fourth-order valence-electron chi connectivity index (χ4n) is 2.02. The monoisotopic (exact) mass is 283 g/mol. The zero-order valence-corrected chi connectivity index (χ0v) is 10.7. The van der Waals surface area contributed by atoms with E-state index in [1.165, 1.54) is 12.3 Å². The maximum Gasteiger partial charge on any atom is 0.416 e. The van der Waals surface area contributed by atoms with E-state index < -0.39 is 11.7 Å². The summed E-state index contributed by atoms with van der Waals surface area (Å²) in [5, 5.41) is 0.668. The number of rotatable bonds is 4. The highest BCUT2D eigenvalue weighted by atomic mass is 19.4. The average Bonchev–Trinajstić information content (AvgIpc) is 2.40. The van der Waals surface area contributed by atoms with Crippen LogP contribution in [0.25, 0.3) is 10.9 Å². The molecule has 0 amide bonds. The normalized spacial score (nSPS) is 11.6. The largest absolute Gasteiger partial charge is 0.468 e. The standard InChI is InChI=1S/C14H12F3NO2/c1-9-10(4-5-20-8-19)7-18-13-6-11(14(15,16)17)2-3-12(9)13/h2-3,6-8H,4-5H2,1H3. The quantitative estimate of drug-likeness (QED) is 0.638. The highest BCUT2D eigenvalue weighted by Crippen LogP contribution is 2.32. The molecule has 0 saturated heterocycles. The second kappa shape index (κ2) is 5.48. The summed E-state index contributed by atoms with van der Waals surface area (Å²) < 4.78 is 42.5. The van der Waals surface area contributed by atoms with Gasteiger partial charge in [-0.1, -0.05) is 6.07 Å². The summed E-state index contributed by atoms with van der Waals surface area (Å²) in [4.78, 5) is 14.1. The first-order valence-corrected chi connectivity index (χ1v) is 5.94. The molecule has 3 nitrogen and oxygen atoms in total. The summed E-state index contributed by atoms with van der Waals surface area (Å²) in [6, 6.07) is 3.50. The molecule has 0 radical (unpaired) electrons. The van der Waals surface area contributed by atoms with Crippen LogP contribution in [0.3, 0.4) is 0 Å². The smallest absolute Gasteiger partial charge is 0.416 e. The van der Waals surface area contributed by atoms with Crippen molar-refractivity contribution in [2.75, 3.05) is 6.61 Å². The van der Waals surface area contributed by atoms with Gasteiger partial charge in [0.05, 0.1) is 17.7 Å². The third-order valence-electron chi connectivity index (χ3n) is 3.13. The van der Waals surface area contributed by atoms with Crippen LogP contribution in [0.2, 0.25) is 0 Å². The van der Waals surface area contributed by atoms with Crippen LogP contribution in [0.4, 0.5) is 13.2 Å². The van der Waals surface area contributed by atoms with Crippen molar-refractivity contribution in [3.63, 3.8) is 0 Å². The minimum Gasteiger partial charge on any atom is -0.468 e. The molecule has 2 aromatic rings. The SMILES string of the molecule is Cc1c(CCOC=O)cnc2cc(C(F)(F)F)ccc12. The summed E-state index contributed by atoms with van der Waals surface area (Å²) in [7, 11) is 0. The topological polar surface area (TPSA) is 39.2 Å². The predicted molar refractivity (Wildman–Crippen MR) is 67.2 cm³/mol. The first-order chi connectivity index (χ1) is 9.43. The van der Waals surface area contributed by atoms with E-state index in [0.717, 1.165) is 23.3 Å². The Balaban J connectivity index is 2.39. The number of hydrogen-bond acceptors (Lipinski definition) is 3. The zero-order chi connectivity index (χ0) is 14.8. The van der Waals surface area contributed by atoms with Crippen LogP contribution in [-0.4, -0.2) is 18.1 Å². The number of fused-ring (bicyclic) bond motifs is 1. The summed E-state index contributed by atoms with van der Waals surface area (Å²) in [5.41, 5.74) is 1.28. The Morgan fingerprint density at radius 3 is 2.75 bits per heavy atom. The predicted octanol–water partition coefficient (Wildman–Crippen LogP) is 3.28. The van der Waals surface area contributed by atoms with Crippen molar-refractivity contribution in [3.8, 4) is 0 Å². The van der Waals surface area contributed by atoms with Gasteiger partial charge in [-0.25, -0.2) is 0 Å². The molecule has 0 aliphatic carbocycles. The molecule has 0 N–H and O–H groups in total. The molecule has 6 heteroatoms. The number of hydrogen-bond donors (Lipinski definition) is 0. The van der Waals surface area contributed by atoms with Crippen molar-refractivity contribution in [2.24, 2.45) is 0 Å². The maximum absolute atomic E-state index is 12.6. The molecule has 0 spiro atoms. The van der Waals surface area contributed by atoms with Crippen LogP contribution >= 0.6 is 0 Å². The number of ether oxygens (including phenoxy) is 1. The molecule has 2 rings (SSSR count). The summed E-state index contributed by atoms with van der Waals surface area (Å²) in [6.07, 6.45) is -2.37. The molecule has 1 heterocycles. The van der Waals surface area contributed by atoms with Gasteiger partial charge >= 0.3 is 6.18 Å². The van der Waals surface area contributed by atoms with Crippen LogP contribution in [0.1, 0.15) is 16.7 Å². The van der Waals surface area contributed by atoms with Crippen molar-refractivity contribution in [1.29, 1.82) is 0 Å². The molecule has 1 aromatic heterocycles. The first kappa shape index (κ1) is 14.3. The Morgan fingerprint density at radius 1 is 1.35 bits per heavy atom. The maximum atomic E-state index is 12.6. The molecule has 0 aliphatic rings. The van der Waals surface area contributed by atoms with Crippen LogP contribution < -0.4 is 0 Å². The van der Waals surface area contributed by atoms with Crippen molar-refractivity contribution >= 4 is 17.4 Å². The lowest BCUT2D eigenvalue weighted by atomic mass is 10.0. The Hall–Kier alpha value is -2.11. The van der Waals surface area contributed by atoms with Crippen molar-refractivity contribution in [3.05, 3.63) is 41.1 Å². The van der Waals surface area contributed by atoms with Crippen molar-refractivity contribution in [1.82, 2.24) is 4.98 Å². The molecule has 0 unspecified atom stereocenters. The van der Waals surface area contributed by atoms with Crippen LogP contribution in [0, 0.1) is 6.92 Å². The van der Waals surface area contributed by atoms with Crippen LogP contribution in [0.15, 0.2) is 24.4 Å². The fraction of sp³-hybridized carbons (Fsp3) is 0.286. The lowest BCUT2D eigenvalue weighted by Gasteiger charge is -2.11. The average molecular weight is 283 g/mol. The Labute approximate surface area is 113 Å². The van der Waals surface area contributed by atoms with Crippen molar-refractivity contribution < 1.29 is 22.7 Å². The summed E-state index contributed by atoms with van der Waals surface area (Å²) in [6.45, 7) is 2.39. The van der Waals surface area contributed by atoms with Gasteiger partial charge in [0, 0.05) is 18.0 Å². The van der Waals surface area contributed by atoms with E-state index in [2.05, 4.69) is 9.72 Å². The van der Waals surface area contributed by atoms with E-state index in [9.17, 15) is 18.0 Å². The van der Waals surface area contributed by atoms with E-state index in [0.29, 0.717) is 23.8 Å². The zero-order valence-electron chi connectivity index (χ0n) is 10.7. The van der Waals surface area contributed by atoms with Gasteiger partial charge in [0.25, 0.3) is 6.47 Å². The van der Waals surface area contributed by atoms with Gasteiger partial charge < -0.3 is 4.74 Å². The number of alkyl halides is 3. The highest BCUT2D eigenvalue weighted by Gasteiger charge is 2.30. The fourth-order valence-corrected chi connectivity index (χ4v) is 2.02. The van der Waals surface area contributed by atoms with Gasteiger partial charge in [-0.15, -0.1) is 0 Å². The number of carbonyl (C=O) groups is 1. The number of halogens is 3. The number of aromatic nitrogens is 1. The van der Waals surface area contributed by atoms with E-state index in [4.69, 9.17) is 0 Å². The third-order valence-corrected chi connectivity index (χ3v) is 3.13. The molecule has 1 aromatic carbocycles. The number of carbonyl (C=O) groups excluding carboxylic acids is 1. The van der Waals surface area contributed by atoms with Gasteiger partial charge in [-0.3, -0.25) is 9.78 Å². The Bertz CT molecular complexity index is 638. The van der Waals surface area contributed by atoms with Crippen LogP contribution in [-0.2, 0) is 22.1 Å². The summed E-state index contributed by atoms with van der Waals surface area (Å²) in [5.74, 6) is 0. The Morgan fingerprint density at radius 2 is 2.10 bits per heavy atom. The minimum atomic E-state index is -4.37. The third kappa shape index (κ3) is 2.89. The van der Waals surface area contributed by atoms with E-state index >= 15 is 0 Å².